The minimum atomic E-state index is -0.831. The zero-order chi connectivity index (χ0) is 13.3. The normalized spacial score (nSPS) is 12.4. The van der Waals surface area contributed by atoms with Crippen LogP contribution in [0.3, 0.4) is 0 Å². The lowest BCUT2D eigenvalue weighted by atomic mass is 10.0. The molecule has 0 amide bonds. The van der Waals surface area contributed by atoms with Crippen LogP contribution in [-0.4, -0.2) is 10.1 Å². The van der Waals surface area contributed by atoms with E-state index in [0.29, 0.717) is 10.6 Å². The van der Waals surface area contributed by atoms with Gasteiger partial charge in [-0.15, -0.1) is 0 Å². The third kappa shape index (κ3) is 2.66. The molecule has 0 radical (unpaired) electrons. The zero-order valence-corrected chi connectivity index (χ0v) is 12.0. The number of aryl methyl sites for hydroxylation is 1. The molecule has 2 rings (SSSR count). The van der Waals surface area contributed by atoms with Crippen molar-refractivity contribution in [2.45, 2.75) is 13.0 Å². The first-order chi connectivity index (χ1) is 8.49. The molecule has 5 heteroatoms. The van der Waals surface area contributed by atoms with E-state index in [1.165, 1.54) is 6.20 Å². The highest BCUT2D eigenvalue weighted by atomic mass is 79.9. The summed E-state index contributed by atoms with van der Waals surface area (Å²) in [5.74, 6) is 0.285. The lowest BCUT2D eigenvalue weighted by Gasteiger charge is -2.14. The van der Waals surface area contributed by atoms with E-state index in [0.717, 1.165) is 15.6 Å². The largest absolute Gasteiger partial charge is 0.384 e. The van der Waals surface area contributed by atoms with Gasteiger partial charge in [-0.05, 0) is 30.2 Å². The highest BCUT2D eigenvalue weighted by Gasteiger charge is 2.15. The second-order valence-corrected chi connectivity index (χ2v) is 5.33. The lowest BCUT2D eigenvalue weighted by Crippen LogP contribution is -2.05. The van der Waals surface area contributed by atoms with E-state index in [2.05, 4.69) is 20.9 Å². The van der Waals surface area contributed by atoms with Crippen molar-refractivity contribution in [2.75, 3.05) is 5.73 Å². The van der Waals surface area contributed by atoms with Crippen LogP contribution in [0.25, 0.3) is 0 Å². The second kappa shape index (κ2) is 5.26. The Bertz CT molecular complexity index is 589. The van der Waals surface area contributed by atoms with Gasteiger partial charge in [-0.2, -0.15) is 0 Å². The van der Waals surface area contributed by atoms with E-state index in [4.69, 9.17) is 17.3 Å². The van der Waals surface area contributed by atoms with E-state index in [-0.39, 0.29) is 5.82 Å². The van der Waals surface area contributed by atoms with Crippen LogP contribution < -0.4 is 5.73 Å². The number of hydrogen-bond donors (Lipinski definition) is 2. The number of anilines is 1. The highest BCUT2D eigenvalue weighted by molar-refractivity contribution is 9.10. The molecule has 2 aromatic rings. The van der Waals surface area contributed by atoms with Crippen molar-refractivity contribution < 1.29 is 5.11 Å². The number of nitrogens with zero attached hydrogens (tertiary/aromatic N) is 1. The van der Waals surface area contributed by atoms with E-state index >= 15 is 0 Å². The maximum absolute atomic E-state index is 10.3. The number of aliphatic hydroxyl groups excluding tert-OH is 1. The summed E-state index contributed by atoms with van der Waals surface area (Å²) in [4.78, 5) is 3.94. The van der Waals surface area contributed by atoms with Crippen LogP contribution in [0.5, 0.6) is 0 Å². The van der Waals surface area contributed by atoms with Gasteiger partial charge in [0.1, 0.15) is 11.9 Å². The molecule has 0 aliphatic rings. The Kier molecular flexibility index (Phi) is 3.90. The average molecular weight is 328 g/mol. The van der Waals surface area contributed by atoms with Crippen molar-refractivity contribution >= 4 is 33.3 Å². The third-order valence-corrected chi connectivity index (χ3v) is 3.80. The van der Waals surface area contributed by atoms with Gasteiger partial charge < -0.3 is 10.8 Å². The minimum absolute atomic E-state index is 0.285. The van der Waals surface area contributed by atoms with Crippen LogP contribution in [0.15, 0.2) is 34.9 Å². The molecule has 0 saturated heterocycles. The van der Waals surface area contributed by atoms with Gasteiger partial charge in [-0.25, -0.2) is 4.98 Å². The molecule has 1 unspecified atom stereocenters. The van der Waals surface area contributed by atoms with Crippen molar-refractivity contribution in [1.29, 1.82) is 0 Å². The first kappa shape index (κ1) is 13.3. The van der Waals surface area contributed by atoms with Crippen LogP contribution >= 0.6 is 27.5 Å². The molecule has 1 atom stereocenters. The molecule has 0 saturated carbocycles. The van der Waals surface area contributed by atoms with Gasteiger partial charge in [0, 0.05) is 16.2 Å². The molecular formula is C13H12BrClN2O. The first-order valence-corrected chi connectivity index (χ1v) is 6.51. The monoisotopic (exact) mass is 326 g/mol. The zero-order valence-electron chi connectivity index (χ0n) is 9.69. The number of nitrogen functional groups attached to an aromatic ring is 1. The number of pyridine rings is 1. The van der Waals surface area contributed by atoms with E-state index in [1.54, 1.807) is 6.07 Å². The van der Waals surface area contributed by atoms with E-state index in [9.17, 15) is 5.11 Å². The molecule has 0 fully saturated rings. The highest BCUT2D eigenvalue weighted by Crippen LogP contribution is 2.29. The van der Waals surface area contributed by atoms with Gasteiger partial charge in [0.15, 0.2) is 0 Å². The Hall–Kier alpha value is -1.10. The number of rotatable bonds is 2. The molecule has 94 valence electrons. The van der Waals surface area contributed by atoms with Crippen LogP contribution in [0.2, 0.25) is 5.02 Å². The smallest absolute Gasteiger partial charge is 0.129 e. The Morgan fingerprint density at radius 1 is 1.39 bits per heavy atom. The summed E-state index contributed by atoms with van der Waals surface area (Å²) in [5.41, 5.74) is 8.07. The van der Waals surface area contributed by atoms with Crippen molar-refractivity contribution in [3.8, 4) is 0 Å². The number of benzene rings is 1. The third-order valence-electron chi connectivity index (χ3n) is 2.71. The number of hydrogen-bond acceptors (Lipinski definition) is 3. The summed E-state index contributed by atoms with van der Waals surface area (Å²) in [5, 5.41) is 10.8. The van der Waals surface area contributed by atoms with Crippen molar-refractivity contribution in [3.63, 3.8) is 0 Å². The first-order valence-electron chi connectivity index (χ1n) is 5.34. The lowest BCUT2D eigenvalue weighted by molar-refractivity contribution is 0.220. The van der Waals surface area contributed by atoms with Gasteiger partial charge in [-0.1, -0.05) is 39.7 Å². The Balaban J connectivity index is 2.44. The number of nitrogens with two attached hydrogens (primary N) is 1. The second-order valence-electron chi connectivity index (χ2n) is 4.04. The number of aromatic nitrogens is 1. The fourth-order valence-corrected chi connectivity index (χ4v) is 2.12. The summed E-state index contributed by atoms with van der Waals surface area (Å²) in [6.45, 7) is 1.96. The average Bonchev–Trinajstić information content (AvgIpc) is 2.35. The molecule has 0 aliphatic heterocycles. The fraction of sp³-hybridized carbons (Fsp3) is 0.154. The molecule has 0 aliphatic carbocycles. The van der Waals surface area contributed by atoms with Gasteiger partial charge in [-0.3, -0.25) is 0 Å². The van der Waals surface area contributed by atoms with Crippen molar-refractivity contribution in [3.05, 3.63) is 56.6 Å². The Labute approximate surface area is 119 Å². The molecular weight excluding hydrogens is 316 g/mol. The Morgan fingerprint density at radius 3 is 2.78 bits per heavy atom. The number of halogens is 2. The standard InChI is InChI=1S/C13H12BrClN2O/c1-7-4-8(2-3-11(7)14)12(18)10-5-9(15)6-17-13(10)16/h2-6,12,18H,1H3,(H2,16,17). The molecule has 1 heterocycles. The maximum atomic E-state index is 10.3. The SMILES string of the molecule is Cc1cc(C(O)c2cc(Cl)cnc2N)ccc1Br. The Morgan fingerprint density at radius 2 is 2.11 bits per heavy atom. The predicted octanol–water partition coefficient (Wildman–Crippen LogP) is 3.47. The topological polar surface area (TPSA) is 59.1 Å². The molecule has 1 aromatic heterocycles. The summed E-state index contributed by atoms with van der Waals surface area (Å²) in [6, 6.07) is 7.26. The number of aliphatic hydroxyl groups is 1. The minimum Gasteiger partial charge on any atom is -0.384 e. The molecule has 0 bridgehead atoms. The predicted molar refractivity (Wildman–Crippen MR) is 76.6 cm³/mol. The fourth-order valence-electron chi connectivity index (χ4n) is 1.70. The van der Waals surface area contributed by atoms with Gasteiger partial charge in [0.05, 0.1) is 5.02 Å². The van der Waals surface area contributed by atoms with E-state index in [1.807, 2.05) is 25.1 Å². The summed E-state index contributed by atoms with van der Waals surface area (Å²) in [6.07, 6.45) is 0.628. The molecule has 3 nitrogen and oxygen atoms in total. The quantitative estimate of drug-likeness (QED) is 0.888. The van der Waals surface area contributed by atoms with Crippen LogP contribution in [-0.2, 0) is 0 Å². The van der Waals surface area contributed by atoms with E-state index < -0.39 is 6.10 Å². The van der Waals surface area contributed by atoms with Crippen LogP contribution in [0.4, 0.5) is 5.82 Å². The van der Waals surface area contributed by atoms with Crippen molar-refractivity contribution in [2.24, 2.45) is 0 Å². The molecule has 3 N–H and O–H groups in total. The van der Waals surface area contributed by atoms with Crippen LogP contribution in [0, 0.1) is 6.92 Å². The summed E-state index contributed by atoms with van der Waals surface area (Å²) in [7, 11) is 0. The maximum Gasteiger partial charge on any atom is 0.129 e. The van der Waals surface area contributed by atoms with Gasteiger partial charge >= 0.3 is 0 Å². The molecule has 0 spiro atoms. The van der Waals surface area contributed by atoms with Crippen LogP contribution in [0.1, 0.15) is 22.8 Å². The van der Waals surface area contributed by atoms with Gasteiger partial charge in [0.25, 0.3) is 0 Å². The summed E-state index contributed by atoms with van der Waals surface area (Å²) >= 11 is 9.29. The molecule has 1 aromatic carbocycles. The summed E-state index contributed by atoms with van der Waals surface area (Å²) < 4.78 is 0.996. The molecule has 18 heavy (non-hydrogen) atoms. The van der Waals surface area contributed by atoms with Crippen molar-refractivity contribution in [1.82, 2.24) is 4.98 Å². The van der Waals surface area contributed by atoms with Gasteiger partial charge in [0.2, 0.25) is 0 Å².